The van der Waals surface area contributed by atoms with Crippen molar-refractivity contribution in [2.75, 3.05) is 6.61 Å². The lowest BCUT2D eigenvalue weighted by Crippen LogP contribution is -2.56. The minimum absolute atomic E-state index is 0.208. The van der Waals surface area contributed by atoms with E-state index in [2.05, 4.69) is 27.7 Å². The van der Waals surface area contributed by atoms with Crippen molar-refractivity contribution in [3.05, 3.63) is 0 Å². The zero-order valence-electron chi connectivity index (χ0n) is 17.5. The molecule has 2 nitrogen and oxygen atoms in total. The monoisotopic (exact) mass is 360 g/mol. The Morgan fingerprint density at radius 3 is 2.38 bits per heavy atom. The molecule has 2 heteroatoms. The summed E-state index contributed by atoms with van der Waals surface area (Å²) in [6, 6.07) is 0. The summed E-state index contributed by atoms with van der Waals surface area (Å²) >= 11 is 0. The highest BCUT2D eigenvalue weighted by Gasteiger charge is 2.65. The van der Waals surface area contributed by atoms with Gasteiger partial charge in [0, 0.05) is 0 Å². The van der Waals surface area contributed by atoms with E-state index in [1.807, 2.05) is 0 Å². The first-order valence-electron chi connectivity index (χ1n) is 11.6. The highest BCUT2D eigenvalue weighted by atomic mass is 16.6. The van der Waals surface area contributed by atoms with Gasteiger partial charge in [-0.25, -0.2) is 0 Å². The van der Waals surface area contributed by atoms with Gasteiger partial charge < -0.3 is 9.84 Å². The lowest BCUT2D eigenvalue weighted by molar-refractivity contribution is -0.157. The van der Waals surface area contributed by atoms with Crippen LogP contribution in [-0.4, -0.2) is 22.9 Å². The molecule has 1 heterocycles. The van der Waals surface area contributed by atoms with Gasteiger partial charge in [0.15, 0.2) is 0 Å². The average Bonchev–Trinajstić information content (AvgIpc) is 3.22. The molecule has 1 unspecified atom stereocenters. The normalized spacial score (nSPS) is 61.5. The number of hydrogen-bond donors (Lipinski definition) is 1. The van der Waals surface area contributed by atoms with E-state index in [4.69, 9.17) is 4.74 Å². The van der Waals surface area contributed by atoms with Gasteiger partial charge >= 0.3 is 0 Å². The van der Waals surface area contributed by atoms with Crippen LogP contribution in [0.2, 0.25) is 0 Å². The minimum atomic E-state index is -0.407. The van der Waals surface area contributed by atoms with Crippen molar-refractivity contribution in [3.8, 4) is 0 Å². The van der Waals surface area contributed by atoms with Crippen LogP contribution in [0.5, 0.6) is 0 Å². The van der Waals surface area contributed by atoms with Crippen LogP contribution in [0, 0.1) is 40.4 Å². The molecule has 1 saturated heterocycles. The van der Waals surface area contributed by atoms with Crippen LogP contribution < -0.4 is 0 Å². The number of ether oxygens (including phenoxy) is 1. The van der Waals surface area contributed by atoms with E-state index in [-0.39, 0.29) is 5.60 Å². The Hall–Kier alpha value is -0.0800. The minimum Gasteiger partial charge on any atom is -0.390 e. The van der Waals surface area contributed by atoms with Gasteiger partial charge in [0.05, 0.1) is 17.8 Å². The van der Waals surface area contributed by atoms with Gasteiger partial charge in [-0.05, 0) is 118 Å². The maximum atomic E-state index is 10.7. The molecule has 4 aliphatic carbocycles. The largest absolute Gasteiger partial charge is 0.390 e. The second-order valence-electron chi connectivity index (χ2n) is 11.7. The molecule has 1 N–H and O–H groups in total. The Balaban J connectivity index is 1.44. The fourth-order valence-corrected chi connectivity index (χ4v) is 9.26. The van der Waals surface area contributed by atoms with Crippen molar-refractivity contribution in [2.24, 2.45) is 40.4 Å². The molecular weight excluding hydrogens is 320 g/mol. The smallest absolute Gasteiger partial charge is 0.0921 e. The predicted molar refractivity (Wildman–Crippen MR) is 105 cm³/mol. The Bertz CT molecular complexity index is 579. The van der Waals surface area contributed by atoms with E-state index < -0.39 is 5.60 Å². The maximum absolute atomic E-state index is 10.7. The molecule has 0 amide bonds. The number of rotatable bonds is 2. The van der Waals surface area contributed by atoms with E-state index in [0.717, 1.165) is 49.0 Å². The molecule has 5 fully saturated rings. The molecule has 0 aromatic heterocycles. The molecule has 5 rings (SSSR count). The Kier molecular flexibility index (Phi) is 3.80. The van der Waals surface area contributed by atoms with Crippen LogP contribution in [0.4, 0.5) is 0 Å². The summed E-state index contributed by atoms with van der Waals surface area (Å²) in [5.74, 6) is 4.36. The van der Waals surface area contributed by atoms with Crippen molar-refractivity contribution in [1.82, 2.24) is 0 Å². The van der Waals surface area contributed by atoms with Crippen molar-refractivity contribution in [3.63, 3.8) is 0 Å². The van der Waals surface area contributed by atoms with Crippen LogP contribution in [0.15, 0.2) is 0 Å². The van der Waals surface area contributed by atoms with E-state index in [1.165, 1.54) is 51.4 Å². The molecule has 148 valence electrons. The van der Waals surface area contributed by atoms with E-state index in [1.54, 1.807) is 0 Å². The topological polar surface area (TPSA) is 32.8 Å². The second-order valence-corrected chi connectivity index (χ2v) is 11.7. The molecule has 0 spiro atoms. The summed E-state index contributed by atoms with van der Waals surface area (Å²) in [7, 11) is 0. The molecule has 0 aromatic rings. The van der Waals surface area contributed by atoms with Crippen molar-refractivity contribution >= 4 is 0 Å². The molecular formula is C24H40O2. The summed E-state index contributed by atoms with van der Waals surface area (Å²) in [4.78, 5) is 0. The van der Waals surface area contributed by atoms with Gasteiger partial charge in [-0.1, -0.05) is 13.8 Å². The number of hydrogen-bond acceptors (Lipinski definition) is 2. The number of aliphatic hydroxyl groups is 1. The van der Waals surface area contributed by atoms with Crippen LogP contribution in [-0.2, 0) is 4.74 Å². The first kappa shape index (κ1) is 18.0. The SMILES string of the molecule is CC[C@]12CC[C@@](C)(O)C[C@H]1CC[C@H]1[C@@H]3CC[C@H](C4(C)CO4)[C@@]3(C)CC[C@@H]12. The van der Waals surface area contributed by atoms with Gasteiger partial charge in [-0.2, -0.15) is 0 Å². The molecule has 0 radical (unpaired) electrons. The maximum Gasteiger partial charge on any atom is 0.0921 e. The standard InChI is InChI=1S/C24H40O2/c1-5-24-13-12-21(2,25)14-16(24)6-7-17-18-8-9-20(23(4)15-26-23)22(18,3)11-10-19(17)24/h16-20,25H,5-15H2,1-4H3/t16-,17+,18+,19+,20+,21-,22+,23?,24+/m1/s1. The summed E-state index contributed by atoms with van der Waals surface area (Å²) in [5.41, 5.74) is 0.855. The highest BCUT2D eigenvalue weighted by Crippen LogP contribution is 2.70. The van der Waals surface area contributed by atoms with Crippen LogP contribution >= 0.6 is 0 Å². The van der Waals surface area contributed by atoms with Crippen LogP contribution in [0.3, 0.4) is 0 Å². The second kappa shape index (κ2) is 5.50. The van der Waals surface area contributed by atoms with E-state index >= 15 is 0 Å². The van der Waals surface area contributed by atoms with Gasteiger partial charge in [0.25, 0.3) is 0 Å². The Labute approximate surface area is 160 Å². The number of fused-ring (bicyclic) bond motifs is 5. The van der Waals surface area contributed by atoms with Crippen LogP contribution in [0.1, 0.15) is 91.9 Å². The van der Waals surface area contributed by atoms with Gasteiger partial charge in [-0.15, -0.1) is 0 Å². The van der Waals surface area contributed by atoms with Crippen molar-refractivity contribution < 1.29 is 9.84 Å². The third-order valence-corrected chi connectivity index (χ3v) is 10.6. The third-order valence-electron chi connectivity index (χ3n) is 10.6. The Morgan fingerprint density at radius 2 is 1.69 bits per heavy atom. The molecule has 9 atom stereocenters. The Morgan fingerprint density at radius 1 is 0.923 bits per heavy atom. The fourth-order valence-electron chi connectivity index (χ4n) is 9.26. The molecule has 0 aromatic carbocycles. The molecule has 5 aliphatic rings. The number of epoxide rings is 1. The fraction of sp³-hybridized carbons (Fsp3) is 1.00. The summed E-state index contributed by atoms with van der Waals surface area (Å²) in [6.07, 6.45) is 13.2. The zero-order chi connectivity index (χ0) is 18.4. The molecule has 0 bridgehead atoms. The first-order valence-corrected chi connectivity index (χ1v) is 11.6. The predicted octanol–water partition coefficient (Wildman–Crippen LogP) is 5.58. The quantitative estimate of drug-likeness (QED) is 0.652. The van der Waals surface area contributed by atoms with Crippen LogP contribution in [0.25, 0.3) is 0 Å². The third kappa shape index (κ3) is 2.30. The summed E-state index contributed by atoms with van der Waals surface area (Å²) in [6.45, 7) is 10.6. The zero-order valence-corrected chi connectivity index (χ0v) is 17.5. The van der Waals surface area contributed by atoms with Gasteiger partial charge in [-0.3, -0.25) is 0 Å². The molecule has 1 aliphatic heterocycles. The van der Waals surface area contributed by atoms with E-state index in [0.29, 0.717) is 10.8 Å². The highest BCUT2D eigenvalue weighted by molar-refractivity contribution is 5.14. The van der Waals surface area contributed by atoms with Gasteiger partial charge in [0.2, 0.25) is 0 Å². The summed E-state index contributed by atoms with van der Waals surface area (Å²) in [5, 5.41) is 10.7. The first-order chi connectivity index (χ1) is 12.2. The summed E-state index contributed by atoms with van der Waals surface area (Å²) < 4.78 is 5.95. The van der Waals surface area contributed by atoms with Crippen molar-refractivity contribution in [1.29, 1.82) is 0 Å². The average molecular weight is 361 g/mol. The van der Waals surface area contributed by atoms with Gasteiger partial charge in [0.1, 0.15) is 0 Å². The lowest BCUT2D eigenvalue weighted by Gasteiger charge is -2.63. The van der Waals surface area contributed by atoms with Crippen molar-refractivity contribution in [2.45, 2.75) is 103 Å². The van der Waals surface area contributed by atoms with E-state index in [9.17, 15) is 5.11 Å². The molecule has 4 saturated carbocycles. The lowest BCUT2D eigenvalue weighted by atomic mass is 9.42. The molecule has 26 heavy (non-hydrogen) atoms.